The third-order valence-corrected chi connectivity index (χ3v) is 4.72. The lowest BCUT2D eigenvalue weighted by Crippen LogP contribution is -2.41. The second-order valence-corrected chi connectivity index (χ2v) is 7.04. The van der Waals surface area contributed by atoms with E-state index in [1.165, 1.54) is 29.2 Å². The first-order chi connectivity index (χ1) is 16.0. The molecule has 174 valence electrons. The number of hydrogen-bond acceptors (Lipinski definition) is 6. The number of ether oxygens (including phenoxy) is 3. The number of benzene rings is 2. The molecule has 2 aromatic carbocycles. The summed E-state index contributed by atoms with van der Waals surface area (Å²) in [5, 5.41) is 4.65. The van der Waals surface area contributed by atoms with Crippen molar-refractivity contribution >= 4 is 23.4 Å². The van der Waals surface area contributed by atoms with Gasteiger partial charge in [0, 0.05) is 11.8 Å². The molecule has 0 fully saturated rings. The molecule has 0 saturated heterocycles. The highest BCUT2D eigenvalue weighted by atomic mass is 35.5. The van der Waals surface area contributed by atoms with Gasteiger partial charge in [-0.1, -0.05) is 23.7 Å². The molecule has 9 nitrogen and oxygen atoms in total. The fourth-order valence-electron chi connectivity index (χ4n) is 2.99. The number of halogens is 1. The Kier molecular flexibility index (Phi) is 8.15. The van der Waals surface area contributed by atoms with Gasteiger partial charge in [-0.2, -0.15) is 5.10 Å². The summed E-state index contributed by atoms with van der Waals surface area (Å²) < 4.78 is 18.4. The predicted octanol–water partition coefficient (Wildman–Crippen LogP) is 3.80. The number of para-hydroxylation sites is 1. The van der Waals surface area contributed by atoms with Crippen molar-refractivity contribution in [1.29, 1.82) is 0 Å². The van der Waals surface area contributed by atoms with Gasteiger partial charge < -0.3 is 14.2 Å². The first-order valence-corrected chi connectivity index (χ1v) is 10.8. The highest BCUT2D eigenvalue weighted by molar-refractivity contribution is 6.32. The Morgan fingerprint density at radius 2 is 1.48 bits per heavy atom. The number of rotatable bonds is 9. The van der Waals surface area contributed by atoms with Crippen molar-refractivity contribution in [2.75, 3.05) is 19.8 Å². The minimum absolute atomic E-state index is 0.234. The summed E-state index contributed by atoms with van der Waals surface area (Å²) in [6.45, 7) is 6.66. The monoisotopic (exact) mass is 472 g/mol. The molecule has 1 heterocycles. The van der Waals surface area contributed by atoms with Gasteiger partial charge in [0.25, 0.3) is 11.8 Å². The molecule has 0 unspecified atom stereocenters. The lowest BCUT2D eigenvalue weighted by Gasteiger charge is -2.17. The quantitative estimate of drug-likeness (QED) is 0.459. The molecule has 0 aliphatic carbocycles. The Bertz CT molecular complexity index is 1100. The third-order valence-electron chi connectivity index (χ3n) is 4.40. The average Bonchev–Trinajstić information content (AvgIpc) is 3.30. The Balaban J connectivity index is 1.74. The van der Waals surface area contributed by atoms with Crippen LogP contribution in [-0.4, -0.2) is 41.4 Å². The van der Waals surface area contributed by atoms with E-state index in [1.807, 2.05) is 26.8 Å². The maximum absolute atomic E-state index is 12.7. The van der Waals surface area contributed by atoms with Gasteiger partial charge in [0.2, 0.25) is 5.75 Å². The molecular weight excluding hydrogens is 448 g/mol. The van der Waals surface area contributed by atoms with Crippen LogP contribution in [0.15, 0.2) is 48.8 Å². The van der Waals surface area contributed by atoms with Crippen molar-refractivity contribution in [1.82, 2.24) is 20.6 Å². The highest BCUT2D eigenvalue weighted by Gasteiger charge is 2.19. The van der Waals surface area contributed by atoms with E-state index in [0.29, 0.717) is 47.8 Å². The van der Waals surface area contributed by atoms with Crippen molar-refractivity contribution in [3.05, 3.63) is 64.9 Å². The molecule has 10 heteroatoms. The zero-order valence-corrected chi connectivity index (χ0v) is 19.3. The van der Waals surface area contributed by atoms with Crippen LogP contribution in [0.4, 0.5) is 0 Å². The smallest absolute Gasteiger partial charge is 0.272 e. The number of carbonyl (C=O) groups excluding carboxylic acids is 2. The molecule has 3 aromatic rings. The molecule has 0 aliphatic heterocycles. The van der Waals surface area contributed by atoms with Crippen LogP contribution >= 0.6 is 11.6 Å². The largest absolute Gasteiger partial charge is 0.490 e. The number of hydrazine groups is 1. The summed E-state index contributed by atoms with van der Waals surface area (Å²) in [5.74, 6) is 0.0915. The SMILES string of the molecule is CCOc1cc(C(=O)NNC(=O)c2cnn(-c3ccccc3Cl)c2)cc(OCC)c1OCC. The second kappa shape index (κ2) is 11.2. The molecule has 1 aromatic heterocycles. The Morgan fingerprint density at radius 3 is 2.06 bits per heavy atom. The zero-order chi connectivity index (χ0) is 23.8. The lowest BCUT2D eigenvalue weighted by molar-refractivity contribution is 0.0846. The van der Waals surface area contributed by atoms with Gasteiger partial charge in [-0.3, -0.25) is 20.4 Å². The molecule has 0 saturated carbocycles. The van der Waals surface area contributed by atoms with Gasteiger partial charge in [-0.15, -0.1) is 0 Å². The van der Waals surface area contributed by atoms with Crippen LogP contribution in [0, 0.1) is 0 Å². The first kappa shape index (κ1) is 23.9. The predicted molar refractivity (Wildman–Crippen MR) is 123 cm³/mol. The Morgan fingerprint density at radius 1 is 0.909 bits per heavy atom. The van der Waals surface area contributed by atoms with Gasteiger partial charge in [0.1, 0.15) is 0 Å². The van der Waals surface area contributed by atoms with Crippen LogP contribution in [0.1, 0.15) is 41.5 Å². The summed E-state index contributed by atoms with van der Waals surface area (Å²) in [5.41, 5.74) is 5.88. The van der Waals surface area contributed by atoms with Gasteiger partial charge in [-0.25, -0.2) is 4.68 Å². The van der Waals surface area contributed by atoms with Gasteiger partial charge in [0.05, 0.1) is 42.3 Å². The molecule has 33 heavy (non-hydrogen) atoms. The summed E-state index contributed by atoms with van der Waals surface area (Å²) in [6.07, 6.45) is 2.89. The fourth-order valence-corrected chi connectivity index (χ4v) is 3.21. The third kappa shape index (κ3) is 5.75. The Hall–Kier alpha value is -3.72. The van der Waals surface area contributed by atoms with E-state index in [-0.39, 0.29) is 11.1 Å². The second-order valence-electron chi connectivity index (χ2n) is 6.63. The van der Waals surface area contributed by atoms with E-state index in [9.17, 15) is 9.59 Å². The van der Waals surface area contributed by atoms with E-state index in [2.05, 4.69) is 16.0 Å². The van der Waals surface area contributed by atoms with Crippen LogP contribution in [0.5, 0.6) is 17.2 Å². The van der Waals surface area contributed by atoms with Crippen LogP contribution in [0.2, 0.25) is 5.02 Å². The molecule has 3 rings (SSSR count). The normalized spacial score (nSPS) is 10.4. The van der Waals surface area contributed by atoms with Crippen molar-refractivity contribution < 1.29 is 23.8 Å². The van der Waals surface area contributed by atoms with E-state index in [4.69, 9.17) is 25.8 Å². The van der Waals surface area contributed by atoms with Crippen molar-refractivity contribution in [2.24, 2.45) is 0 Å². The summed E-state index contributed by atoms with van der Waals surface area (Å²) in [6, 6.07) is 10.2. The van der Waals surface area contributed by atoms with Crippen LogP contribution < -0.4 is 25.1 Å². The lowest BCUT2D eigenvalue weighted by atomic mass is 10.1. The molecule has 2 amide bonds. The molecule has 0 aliphatic rings. The minimum atomic E-state index is -0.549. The number of nitrogens with one attached hydrogen (secondary N) is 2. The maximum atomic E-state index is 12.7. The number of hydrogen-bond donors (Lipinski definition) is 2. The first-order valence-electron chi connectivity index (χ1n) is 10.4. The highest BCUT2D eigenvalue weighted by Crippen LogP contribution is 2.39. The van der Waals surface area contributed by atoms with Crippen molar-refractivity contribution in [2.45, 2.75) is 20.8 Å². The number of amides is 2. The molecule has 2 N–H and O–H groups in total. The topological polar surface area (TPSA) is 104 Å². The van der Waals surface area contributed by atoms with Crippen molar-refractivity contribution in [3.8, 4) is 22.9 Å². The van der Waals surface area contributed by atoms with E-state index in [0.717, 1.165) is 0 Å². The summed E-state index contributed by atoms with van der Waals surface area (Å²) in [7, 11) is 0. The molecule has 0 radical (unpaired) electrons. The van der Waals surface area contributed by atoms with Crippen LogP contribution in [-0.2, 0) is 0 Å². The zero-order valence-electron chi connectivity index (χ0n) is 18.6. The van der Waals surface area contributed by atoms with Gasteiger partial charge in [-0.05, 0) is 45.0 Å². The average molecular weight is 473 g/mol. The van der Waals surface area contributed by atoms with Crippen LogP contribution in [0.3, 0.4) is 0 Å². The standard InChI is InChI=1S/C23H25ClN4O5/c1-4-31-19-11-15(12-20(32-5-2)21(19)33-6-3)22(29)26-27-23(30)16-13-25-28(14-16)18-10-8-7-9-17(18)24/h7-14H,4-6H2,1-3H3,(H,26,29)(H,27,30). The minimum Gasteiger partial charge on any atom is -0.490 e. The van der Waals surface area contributed by atoms with E-state index >= 15 is 0 Å². The molecular formula is C23H25ClN4O5. The Labute approximate surface area is 196 Å². The van der Waals surface area contributed by atoms with E-state index < -0.39 is 11.8 Å². The van der Waals surface area contributed by atoms with E-state index in [1.54, 1.807) is 18.2 Å². The fraction of sp³-hybridized carbons (Fsp3) is 0.261. The number of carbonyl (C=O) groups is 2. The number of nitrogens with zero attached hydrogens (tertiary/aromatic N) is 2. The number of aromatic nitrogens is 2. The summed E-state index contributed by atoms with van der Waals surface area (Å²) in [4.78, 5) is 25.2. The molecule has 0 bridgehead atoms. The maximum Gasteiger partial charge on any atom is 0.272 e. The molecule has 0 atom stereocenters. The van der Waals surface area contributed by atoms with Crippen molar-refractivity contribution in [3.63, 3.8) is 0 Å². The summed E-state index contributed by atoms with van der Waals surface area (Å²) >= 11 is 6.17. The van der Waals surface area contributed by atoms with Gasteiger partial charge in [0.15, 0.2) is 11.5 Å². The van der Waals surface area contributed by atoms with Gasteiger partial charge >= 0.3 is 0 Å². The van der Waals surface area contributed by atoms with Crippen LogP contribution in [0.25, 0.3) is 5.69 Å². The molecule has 0 spiro atoms.